The molecule has 0 radical (unpaired) electrons. The first kappa shape index (κ1) is 14.7. The van der Waals surface area contributed by atoms with Gasteiger partial charge < -0.3 is 15.4 Å². The number of aromatic amines is 1. The van der Waals surface area contributed by atoms with E-state index in [1.165, 1.54) is 0 Å². The van der Waals surface area contributed by atoms with Crippen LogP contribution in [0.25, 0.3) is 10.9 Å². The second-order valence-corrected chi connectivity index (χ2v) is 4.73. The van der Waals surface area contributed by atoms with Crippen LogP contribution in [0.3, 0.4) is 0 Å². The molecule has 0 aliphatic rings. The number of carbonyl (C=O) groups is 2. The van der Waals surface area contributed by atoms with Crippen LogP contribution in [0.5, 0.6) is 0 Å². The number of nitrogens with one attached hydrogen (secondary N) is 2. The molecule has 1 aromatic heterocycles. The number of amides is 1. The molecule has 1 amide bonds. The van der Waals surface area contributed by atoms with Gasteiger partial charge in [0.1, 0.15) is 6.04 Å². The van der Waals surface area contributed by atoms with Gasteiger partial charge >= 0.3 is 5.97 Å². The van der Waals surface area contributed by atoms with E-state index in [4.69, 9.17) is 6.42 Å². The van der Waals surface area contributed by atoms with Gasteiger partial charge in [0.25, 0.3) is 0 Å². The second-order valence-electron chi connectivity index (χ2n) is 4.73. The summed E-state index contributed by atoms with van der Waals surface area (Å²) in [5, 5.41) is 12.7. The van der Waals surface area contributed by atoms with Crippen molar-refractivity contribution >= 4 is 22.8 Å². The highest BCUT2D eigenvalue weighted by Crippen LogP contribution is 2.19. The van der Waals surface area contributed by atoms with Gasteiger partial charge in [-0.1, -0.05) is 18.2 Å². The molecular weight excluding hydrogens is 268 g/mol. The number of hydrogen-bond acceptors (Lipinski definition) is 2. The van der Waals surface area contributed by atoms with Crippen LogP contribution >= 0.6 is 0 Å². The SMILES string of the molecule is C#CCCC(=O)NC(Cc1c[nH]c2ccccc12)C(=O)O. The molecule has 21 heavy (non-hydrogen) atoms. The predicted octanol–water partition coefficient (Wildman–Crippen LogP) is 1.69. The van der Waals surface area contributed by atoms with Crippen molar-refractivity contribution in [2.24, 2.45) is 0 Å². The van der Waals surface area contributed by atoms with Crippen LogP contribution in [0, 0.1) is 12.3 Å². The Labute approximate surface area is 122 Å². The minimum absolute atomic E-state index is 0.133. The van der Waals surface area contributed by atoms with Gasteiger partial charge in [-0.15, -0.1) is 12.3 Å². The molecule has 1 heterocycles. The van der Waals surface area contributed by atoms with Gasteiger partial charge in [-0.05, 0) is 11.6 Å². The molecule has 0 fully saturated rings. The van der Waals surface area contributed by atoms with Crippen molar-refractivity contribution < 1.29 is 14.7 Å². The summed E-state index contributed by atoms with van der Waals surface area (Å²) in [4.78, 5) is 26.0. The Morgan fingerprint density at radius 3 is 2.86 bits per heavy atom. The number of carboxylic acid groups (broad SMARTS) is 1. The van der Waals surface area contributed by atoms with E-state index in [1.807, 2.05) is 24.3 Å². The molecule has 2 rings (SSSR count). The minimum atomic E-state index is -1.06. The van der Waals surface area contributed by atoms with Crippen LogP contribution < -0.4 is 5.32 Å². The first-order valence-electron chi connectivity index (χ1n) is 6.62. The molecule has 108 valence electrons. The molecule has 0 saturated heterocycles. The van der Waals surface area contributed by atoms with Crippen LogP contribution in [0.15, 0.2) is 30.5 Å². The third-order valence-corrected chi connectivity index (χ3v) is 3.23. The fourth-order valence-electron chi connectivity index (χ4n) is 2.17. The average Bonchev–Trinajstić information content (AvgIpc) is 2.87. The summed E-state index contributed by atoms with van der Waals surface area (Å²) in [5.41, 5.74) is 1.80. The number of benzene rings is 1. The monoisotopic (exact) mass is 284 g/mol. The van der Waals surface area contributed by atoms with Gasteiger partial charge in [0.05, 0.1) is 0 Å². The lowest BCUT2D eigenvalue weighted by Gasteiger charge is -2.13. The van der Waals surface area contributed by atoms with Gasteiger partial charge in [0, 0.05) is 36.4 Å². The van der Waals surface area contributed by atoms with E-state index in [0.717, 1.165) is 16.5 Å². The van der Waals surface area contributed by atoms with Crippen molar-refractivity contribution in [3.05, 3.63) is 36.0 Å². The van der Waals surface area contributed by atoms with E-state index >= 15 is 0 Å². The van der Waals surface area contributed by atoms with E-state index in [1.54, 1.807) is 6.20 Å². The number of carboxylic acids is 1. The Morgan fingerprint density at radius 2 is 2.14 bits per heavy atom. The quantitative estimate of drug-likeness (QED) is 0.706. The van der Waals surface area contributed by atoms with E-state index in [-0.39, 0.29) is 18.7 Å². The van der Waals surface area contributed by atoms with E-state index in [9.17, 15) is 14.7 Å². The molecule has 2 aromatic rings. The Hall–Kier alpha value is -2.74. The Bertz CT molecular complexity index is 697. The molecule has 5 heteroatoms. The Morgan fingerprint density at radius 1 is 1.38 bits per heavy atom. The molecule has 1 unspecified atom stereocenters. The lowest BCUT2D eigenvalue weighted by atomic mass is 10.0. The maximum Gasteiger partial charge on any atom is 0.326 e. The van der Waals surface area contributed by atoms with Crippen molar-refractivity contribution in [2.75, 3.05) is 0 Å². The normalized spacial score (nSPS) is 11.8. The summed E-state index contributed by atoms with van der Waals surface area (Å²) < 4.78 is 0. The van der Waals surface area contributed by atoms with Crippen LogP contribution in [-0.2, 0) is 16.0 Å². The molecule has 0 bridgehead atoms. The summed E-state index contributed by atoms with van der Waals surface area (Å²) >= 11 is 0. The maximum atomic E-state index is 11.6. The number of para-hydroxylation sites is 1. The fourth-order valence-corrected chi connectivity index (χ4v) is 2.17. The van der Waals surface area contributed by atoms with Crippen LogP contribution in [0.4, 0.5) is 0 Å². The first-order chi connectivity index (χ1) is 10.1. The van der Waals surface area contributed by atoms with Crippen LogP contribution in [-0.4, -0.2) is 28.0 Å². The van der Waals surface area contributed by atoms with Gasteiger partial charge in [0.2, 0.25) is 5.91 Å². The summed E-state index contributed by atoms with van der Waals surface area (Å²) in [5.74, 6) is 0.950. The lowest BCUT2D eigenvalue weighted by molar-refractivity contribution is -0.141. The molecule has 5 nitrogen and oxygen atoms in total. The van der Waals surface area contributed by atoms with Crippen molar-refractivity contribution in [1.29, 1.82) is 0 Å². The van der Waals surface area contributed by atoms with Crippen molar-refractivity contribution in [3.63, 3.8) is 0 Å². The first-order valence-corrected chi connectivity index (χ1v) is 6.62. The van der Waals surface area contributed by atoms with Gasteiger partial charge in [-0.2, -0.15) is 0 Å². The van der Waals surface area contributed by atoms with Crippen LogP contribution in [0.2, 0.25) is 0 Å². The smallest absolute Gasteiger partial charge is 0.326 e. The molecule has 1 aromatic carbocycles. The van der Waals surface area contributed by atoms with Crippen molar-refractivity contribution in [3.8, 4) is 12.3 Å². The third kappa shape index (κ3) is 3.63. The topological polar surface area (TPSA) is 82.2 Å². The molecular formula is C16H16N2O3. The zero-order valence-electron chi connectivity index (χ0n) is 11.4. The minimum Gasteiger partial charge on any atom is -0.480 e. The second kappa shape index (κ2) is 6.62. The van der Waals surface area contributed by atoms with Crippen LogP contribution in [0.1, 0.15) is 18.4 Å². The maximum absolute atomic E-state index is 11.6. The highest BCUT2D eigenvalue weighted by atomic mass is 16.4. The van der Waals surface area contributed by atoms with E-state index < -0.39 is 12.0 Å². The number of rotatable bonds is 6. The number of aliphatic carboxylic acids is 1. The summed E-state index contributed by atoms with van der Waals surface area (Å²) in [6, 6.07) is 6.66. The van der Waals surface area contributed by atoms with E-state index in [0.29, 0.717) is 6.42 Å². The summed E-state index contributed by atoms with van der Waals surface area (Å²) in [6.45, 7) is 0. The fraction of sp³-hybridized carbons (Fsp3) is 0.250. The molecule has 0 aliphatic heterocycles. The van der Waals surface area contributed by atoms with Crippen molar-refractivity contribution in [2.45, 2.75) is 25.3 Å². The molecule has 1 atom stereocenters. The van der Waals surface area contributed by atoms with E-state index in [2.05, 4.69) is 16.2 Å². The third-order valence-electron chi connectivity index (χ3n) is 3.23. The predicted molar refractivity (Wildman–Crippen MR) is 79.6 cm³/mol. The highest BCUT2D eigenvalue weighted by Gasteiger charge is 2.21. The number of carbonyl (C=O) groups excluding carboxylic acids is 1. The number of fused-ring (bicyclic) bond motifs is 1. The average molecular weight is 284 g/mol. The van der Waals surface area contributed by atoms with Crippen molar-refractivity contribution in [1.82, 2.24) is 10.3 Å². The number of terminal acetylenes is 1. The Kier molecular flexibility index (Phi) is 4.62. The molecule has 0 saturated carbocycles. The highest BCUT2D eigenvalue weighted by molar-refractivity contribution is 5.86. The standard InChI is InChI=1S/C16H16N2O3/c1-2-3-8-15(19)18-14(16(20)21)9-11-10-17-13-7-5-4-6-12(11)13/h1,4-7,10,14,17H,3,8-9H2,(H,18,19)(H,20,21). The summed E-state index contributed by atoms with van der Waals surface area (Å²) in [6.07, 6.45) is 7.51. The Balaban J connectivity index is 2.11. The largest absolute Gasteiger partial charge is 0.480 e. The van der Waals surface area contributed by atoms with Gasteiger partial charge in [-0.3, -0.25) is 4.79 Å². The molecule has 0 spiro atoms. The zero-order chi connectivity index (χ0) is 15.2. The van der Waals surface area contributed by atoms with Gasteiger partial charge in [-0.25, -0.2) is 4.79 Å². The number of H-pyrrole nitrogens is 1. The molecule has 0 aliphatic carbocycles. The molecule has 3 N–H and O–H groups in total. The zero-order valence-corrected chi connectivity index (χ0v) is 11.4. The lowest BCUT2D eigenvalue weighted by Crippen LogP contribution is -2.42. The summed E-state index contributed by atoms with van der Waals surface area (Å²) in [7, 11) is 0. The number of aromatic nitrogens is 1. The van der Waals surface area contributed by atoms with Gasteiger partial charge in [0.15, 0.2) is 0 Å². The number of hydrogen-bond donors (Lipinski definition) is 3.